The fourth-order valence-corrected chi connectivity index (χ4v) is 5.86. The van der Waals surface area contributed by atoms with Crippen LogP contribution in [0.25, 0.3) is 0 Å². The van der Waals surface area contributed by atoms with Gasteiger partial charge in [-0.3, -0.25) is 29.2 Å². The molecule has 3 amide bonds. The SMILES string of the molecule is O=C(C[C@]1(c2cccc(F)c2)CC(=O)N(Cc2cccnc2)C1=O)N1CCN(C2CCCC2)CC1. The van der Waals surface area contributed by atoms with E-state index in [4.69, 9.17) is 0 Å². The largest absolute Gasteiger partial charge is 0.340 e. The van der Waals surface area contributed by atoms with Gasteiger partial charge in [0.2, 0.25) is 17.7 Å². The van der Waals surface area contributed by atoms with Crippen LogP contribution in [0.15, 0.2) is 48.8 Å². The van der Waals surface area contributed by atoms with Crippen LogP contribution < -0.4 is 0 Å². The van der Waals surface area contributed by atoms with Gasteiger partial charge in [0.15, 0.2) is 0 Å². The van der Waals surface area contributed by atoms with Crippen molar-refractivity contribution in [3.8, 4) is 0 Å². The maximum atomic E-state index is 14.2. The number of piperazine rings is 1. The van der Waals surface area contributed by atoms with E-state index in [0.717, 1.165) is 18.7 Å². The second kappa shape index (κ2) is 9.85. The summed E-state index contributed by atoms with van der Waals surface area (Å²) < 4.78 is 14.2. The highest BCUT2D eigenvalue weighted by molar-refractivity contribution is 6.10. The Morgan fingerprint density at radius 1 is 1.06 bits per heavy atom. The number of hydrogen-bond donors (Lipinski definition) is 0. The molecule has 3 heterocycles. The van der Waals surface area contributed by atoms with Gasteiger partial charge in [0.05, 0.1) is 12.0 Å². The summed E-state index contributed by atoms with van der Waals surface area (Å²) in [6, 6.07) is 9.91. The minimum absolute atomic E-state index is 0.0802. The number of carbonyl (C=O) groups is 3. The Hall–Kier alpha value is -3.13. The Labute approximate surface area is 204 Å². The monoisotopic (exact) mass is 478 g/mol. The molecular weight excluding hydrogens is 447 g/mol. The minimum Gasteiger partial charge on any atom is -0.340 e. The standard InChI is InChI=1S/C27H31FN4O3/c28-22-7-3-6-21(15-22)27(17-25(34)32(26(27)35)19-20-5-4-10-29-18-20)16-24(33)31-13-11-30(12-14-31)23-8-1-2-9-23/h3-7,10,15,18,23H,1-2,8-9,11-14,16-17,19H2/t27-/m1/s1. The molecule has 0 radical (unpaired) electrons. The number of halogens is 1. The van der Waals surface area contributed by atoms with Crippen LogP contribution in [0.5, 0.6) is 0 Å². The van der Waals surface area contributed by atoms with Crippen LogP contribution in [0, 0.1) is 5.82 Å². The predicted octanol–water partition coefficient (Wildman–Crippen LogP) is 2.89. The summed E-state index contributed by atoms with van der Waals surface area (Å²) in [6.45, 7) is 2.94. The zero-order valence-electron chi connectivity index (χ0n) is 19.9. The van der Waals surface area contributed by atoms with E-state index >= 15 is 0 Å². The fourth-order valence-electron chi connectivity index (χ4n) is 5.86. The minimum atomic E-state index is -1.40. The summed E-state index contributed by atoms with van der Waals surface area (Å²) in [6.07, 6.45) is 7.92. The summed E-state index contributed by atoms with van der Waals surface area (Å²) in [5.41, 5.74) is -0.304. The number of imide groups is 1. The number of benzene rings is 1. The second-order valence-corrected chi connectivity index (χ2v) is 9.95. The molecular formula is C27H31FN4O3. The van der Waals surface area contributed by atoms with Crippen molar-refractivity contribution in [1.82, 2.24) is 19.7 Å². The maximum absolute atomic E-state index is 14.2. The van der Waals surface area contributed by atoms with Crippen LogP contribution in [0.2, 0.25) is 0 Å². The lowest BCUT2D eigenvalue weighted by Crippen LogP contribution is -2.53. The number of aromatic nitrogens is 1. The number of pyridine rings is 1. The molecule has 3 aliphatic rings. The Morgan fingerprint density at radius 2 is 1.83 bits per heavy atom. The molecule has 3 fully saturated rings. The van der Waals surface area contributed by atoms with Gasteiger partial charge in [0, 0.05) is 57.5 Å². The van der Waals surface area contributed by atoms with E-state index in [0.29, 0.717) is 24.7 Å². The first-order valence-corrected chi connectivity index (χ1v) is 12.5. The second-order valence-electron chi connectivity index (χ2n) is 9.95. The zero-order valence-corrected chi connectivity index (χ0v) is 19.9. The lowest BCUT2D eigenvalue weighted by atomic mass is 9.75. The number of hydrogen-bond acceptors (Lipinski definition) is 5. The highest BCUT2D eigenvalue weighted by atomic mass is 19.1. The van der Waals surface area contributed by atoms with Crippen molar-refractivity contribution in [2.45, 2.75) is 56.5 Å². The Morgan fingerprint density at radius 3 is 2.51 bits per heavy atom. The van der Waals surface area contributed by atoms with Crippen molar-refractivity contribution in [3.63, 3.8) is 0 Å². The fraction of sp³-hybridized carbons (Fsp3) is 0.481. The molecule has 0 unspecified atom stereocenters. The average Bonchev–Trinajstić information content (AvgIpc) is 3.49. The molecule has 8 heteroatoms. The van der Waals surface area contributed by atoms with Crippen molar-refractivity contribution >= 4 is 17.7 Å². The van der Waals surface area contributed by atoms with Crippen molar-refractivity contribution in [2.24, 2.45) is 0 Å². The third-order valence-electron chi connectivity index (χ3n) is 7.81. The van der Waals surface area contributed by atoms with Crippen molar-refractivity contribution in [3.05, 3.63) is 65.7 Å². The first-order chi connectivity index (χ1) is 17.0. The molecule has 1 atom stereocenters. The summed E-state index contributed by atoms with van der Waals surface area (Å²) in [5.74, 6) is -1.47. The molecule has 1 saturated carbocycles. The predicted molar refractivity (Wildman–Crippen MR) is 128 cm³/mol. The molecule has 2 saturated heterocycles. The molecule has 0 N–H and O–H groups in total. The molecule has 1 aromatic heterocycles. The highest BCUT2D eigenvalue weighted by Crippen LogP contribution is 2.41. The molecule has 7 nitrogen and oxygen atoms in total. The first-order valence-electron chi connectivity index (χ1n) is 12.5. The average molecular weight is 479 g/mol. The summed E-state index contributed by atoms with van der Waals surface area (Å²) in [7, 11) is 0. The topological polar surface area (TPSA) is 73.8 Å². The molecule has 2 aliphatic heterocycles. The molecule has 35 heavy (non-hydrogen) atoms. The highest BCUT2D eigenvalue weighted by Gasteiger charge is 2.54. The molecule has 184 valence electrons. The van der Waals surface area contributed by atoms with Crippen molar-refractivity contribution < 1.29 is 18.8 Å². The van der Waals surface area contributed by atoms with Crippen LogP contribution >= 0.6 is 0 Å². The van der Waals surface area contributed by atoms with E-state index in [2.05, 4.69) is 9.88 Å². The number of rotatable bonds is 6. The summed E-state index contributed by atoms with van der Waals surface area (Å²) in [4.78, 5) is 49.9. The quantitative estimate of drug-likeness (QED) is 0.597. The van der Waals surface area contributed by atoms with Gasteiger partial charge in [0.1, 0.15) is 5.82 Å². The van der Waals surface area contributed by atoms with Gasteiger partial charge in [-0.1, -0.05) is 31.0 Å². The lowest BCUT2D eigenvalue weighted by Gasteiger charge is -2.39. The zero-order chi connectivity index (χ0) is 24.4. The van der Waals surface area contributed by atoms with Gasteiger partial charge in [-0.15, -0.1) is 0 Å². The summed E-state index contributed by atoms with van der Waals surface area (Å²) >= 11 is 0. The molecule has 2 aromatic rings. The van der Waals surface area contributed by atoms with Crippen LogP contribution in [0.4, 0.5) is 4.39 Å². The molecule has 0 bridgehead atoms. The Bertz CT molecular complexity index is 1100. The van der Waals surface area contributed by atoms with E-state index in [1.807, 2.05) is 0 Å². The number of nitrogens with zero attached hydrogens (tertiary/aromatic N) is 4. The lowest BCUT2D eigenvalue weighted by molar-refractivity contribution is -0.143. The van der Waals surface area contributed by atoms with Crippen LogP contribution in [0.3, 0.4) is 0 Å². The summed E-state index contributed by atoms with van der Waals surface area (Å²) in [5, 5.41) is 0. The van der Waals surface area contributed by atoms with Gasteiger partial charge < -0.3 is 4.90 Å². The Balaban J connectivity index is 1.36. The van der Waals surface area contributed by atoms with Gasteiger partial charge in [-0.2, -0.15) is 0 Å². The van der Waals surface area contributed by atoms with Gasteiger partial charge in [-0.05, 0) is 42.2 Å². The molecule has 5 rings (SSSR count). The van der Waals surface area contributed by atoms with Crippen molar-refractivity contribution in [2.75, 3.05) is 26.2 Å². The third-order valence-corrected chi connectivity index (χ3v) is 7.81. The number of likely N-dealkylation sites (tertiary alicyclic amines) is 1. The number of amides is 3. The molecule has 1 aromatic carbocycles. The maximum Gasteiger partial charge on any atom is 0.241 e. The van der Waals surface area contributed by atoms with E-state index in [1.54, 1.807) is 35.5 Å². The van der Waals surface area contributed by atoms with E-state index < -0.39 is 17.1 Å². The van der Waals surface area contributed by atoms with E-state index in [-0.39, 0.29) is 31.2 Å². The Kier molecular flexibility index (Phi) is 6.65. The van der Waals surface area contributed by atoms with Crippen LogP contribution in [-0.4, -0.2) is 69.6 Å². The smallest absolute Gasteiger partial charge is 0.241 e. The third kappa shape index (κ3) is 4.72. The number of carbonyl (C=O) groups excluding carboxylic acids is 3. The van der Waals surface area contributed by atoms with Crippen molar-refractivity contribution in [1.29, 1.82) is 0 Å². The van der Waals surface area contributed by atoms with E-state index in [9.17, 15) is 18.8 Å². The van der Waals surface area contributed by atoms with Crippen LogP contribution in [0.1, 0.15) is 49.7 Å². The van der Waals surface area contributed by atoms with E-state index in [1.165, 1.54) is 48.8 Å². The molecule has 0 spiro atoms. The first kappa shape index (κ1) is 23.6. The van der Waals surface area contributed by atoms with Gasteiger partial charge >= 0.3 is 0 Å². The molecule has 1 aliphatic carbocycles. The van der Waals surface area contributed by atoms with Crippen LogP contribution in [-0.2, 0) is 26.3 Å². The normalized spacial score (nSPS) is 23.9. The van der Waals surface area contributed by atoms with Gasteiger partial charge in [0.25, 0.3) is 0 Å². The van der Waals surface area contributed by atoms with Gasteiger partial charge in [-0.25, -0.2) is 4.39 Å².